The van der Waals surface area contributed by atoms with E-state index in [1.54, 1.807) is 19.1 Å². The lowest BCUT2D eigenvalue weighted by atomic mass is 9.98. The molecule has 1 heterocycles. The van der Waals surface area contributed by atoms with E-state index in [2.05, 4.69) is 5.32 Å². The Labute approximate surface area is 145 Å². The minimum atomic E-state index is -1.36. The van der Waals surface area contributed by atoms with E-state index in [9.17, 15) is 20.1 Å². The molecule has 25 heavy (non-hydrogen) atoms. The number of nitrogens with one attached hydrogen (secondary N) is 1. The van der Waals surface area contributed by atoms with Crippen LogP contribution in [-0.2, 0) is 4.74 Å². The molecular weight excluding hydrogens is 332 g/mol. The van der Waals surface area contributed by atoms with E-state index < -0.39 is 49.2 Å². The fourth-order valence-electron chi connectivity index (χ4n) is 2.44. The molecule has 140 valence electrons. The van der Waals surface area contributed by atoms with Gasteiger partial charge in [0.15, 0.2) is 0 Å². The lowest BCUT2D eigenvalue weighted by Crippen LogP contribution is -2.63. The van der Waals surface area contributed by atoms with Gasteiger partial charge >= 0.3 is 0 Å². The van der Waals surface area contributed by atoms with Gasteiger partial charge in [-0.3, -0.25) is 4.79 Å². The van der Waals surface area contributed by atoms with Crippen molar-refractivity contribution in [3.63, 3.8) is 0 Å². The minimum absolute atomic E-state index is 0.158. The third-order valence-corrected chi connectivity index (χ3v) is 3.95. The van der Waals surface area contributed by atoms with Crippen molar-refractivity contribution >= 4 is 5.91 Å². The summed E-state index contributed by atoms with van der Waals surface area (Å²) >= 11 is 0. The average Bonchev–Trinajstić information content (AvgIpc) is 2.62. The molecule has 9 nitrogen and oxygen atoms in total. The highest BCUT2D eigenvalue weighted by atomic mass is 16.7. The summed E-state index contributed by atoms with van der Waals surface area (Å²) in [4.78, 5) is 12.3. The van der Waals surface area contributed by atoms with Crippen LogP contribution in [0.2, 0.25) is 0 Å². The Morgan fingerprint density at radius 2 is 2.00 bits per heavy atom. The zero-order valence-corrected chi connectivity index (χ0v) is 13.8. The number of aliphatic hydroxyl groups excluding tert-OH is 4. The quantitative estimate of drug-likeness (QED) is 0.340. The Kier molecular flexibility index (Phi) is 6.71. The second-order valence-electron chi connectivity index (χ2n) is 5.96. The number of amides is 1. The van der Waals surface area contributed by atoms with Crippen LogP contribution in [0.15, 0.2) is 24.3 Å². The van der Waals surface area contributed by atoms with Gasteiger partial charge < -0.3 is 41.0 Å². The number of carbonyl (C=O) groups excluding carboxylic acids is 1. The Morgan fingerprint density at radius 1 is 1.32 bits per heavy atom. The summed E-state index contributed by atoms with van der Waals surface area (Å²) in [7, 11) is 0. The van der Waals surface area contributed by atoms with Crippen LogP contribution in [0, 0.1) is 0 Å². The average molecular weight is 356 g/mol. The van der Waals surface area contributed by atoms with Crippen molar-refractivity contribution in [3.05, 3.63) is 29.8 Å². The van der Waals surface area contributed by atoms with E-state index >= 15 is 0 Å². The molecule has 1 saturated heterocycles. The molecule has 1 aliphatic rings. The van der Waals surface area contributed by atoms with Gasteiger partial charge in [-0.25, -0.2) is 0 Å². The summed E-state index contributed by atoms with van der Waals surface area (Å²) in [5.41, 5.74) is 6.03. The maximum absolute atomic E-state index is 12.3. The van der Waals surface area contributed by atoms with Gasteiger partial charge in [-0.2, -0.15) is 0 Å². The van der Waals surface area contributed by atoms with Gasteiger partial charge in [0.1, 0.15) is 24.1 Å². The van der Waals surface area contributed by atoms with Crippen molar-refractivity contribution in [2.45, 2.75) is 43.6 Å². The lowest BCUT2D eigenvalue weighted by molar-refractivity contribution is -0.239. The van der Waals surface area contributed by atoms with Crippen molar-refractivity contribution in [2.75, 3.05) is 13.2 Å². The van der Waals surface area contributed by atoms with Gasteiger partial charge in [0.05, 0.1) is 24.8 Å². The standard InChI is InChI=1S/C16H24N2O7/c1-8(6-19)18-15(23)9-4-2-3-5-10(9)24-16-12(17)14(22)13(21)11(7-20)25-16/h2-5,8,11-14,16,19-22H,6-7,17H2,1H3,(H,18,23)/t8-,11+,12+,13+,14+,16+/m0/s1. The smallest absolute Gasteiger partial charge is 0.255 e. The SMILES string of the molecule is C[C@@H](CO)NC(=O)c1ccccc1O[C@@H]1O[C@H](CO)[C@@H](O)[C@H](O)[C@H]1N. The summed E-state index contributed by atoms with van der Waals surface area (Å²) in [6.45, 7) is 0.902. The Hall–Kier alpha value is -1.75. The summed E-state index contributed by atoms with van der Waals surface area (Å²) in [6.07, 6.45) is -4.93. The Morgan fingerprint density at radius 3 is 2.64 bits per heavy atom. The molecule has 1 aliphatic heterocycles. The van der Waals surface area contributed by atoms with Crippen molar-refractivity contribution in [1.29, 1.82) is 0 Å². The highest BCUT2D eigenvalue weighted by Crippen LogP contribution is 2.25. The fourth-order valence-corrected chi connectivity index (χ4v) is 2.44. The third-order valence-electron chi connectivity index (χ3n) is 3.95. The van der Waals surface area contributed by atoms with Crippen LogP contribution in [0.1, 0.15) is 17.3 Å². The molecule has 0 aromatic heterocycles. The molecule has 0 saturated carbocycles. The van der Waals surface area contributed by atoms with Crippen molar-refractivity contribution in [1.82, 2.24) is 5.32 Å². The first-order valence-electron chi connectivity index (χ1n) is 7.94. The van der Waals surface area contributed by atoms with Crippen LogP contribution in [-0.4, -0.2) is 76.2 Å². The van der Waals surface area contributed by atoms with Crippen LogP contribution in [0.5, 0.6) is 5.75 Å². The normalized spacial score (nSPS) is 30.6. The molecule has 1 amide bonds. The maximum atomic E-state index is 12.3. The monoisotopic (exact) mass is 356 g/mol. The molecular formula is C16H24N2O7. The van der Waals surface area contributed by atoms with E-state index in [0.717, 1.165) is 0 Å². The summed E-state index contributed by atoms with van der Waals surface area (Å²) in [6, 6.07) is 4.82. The molecule has 7 N–H and O–H groups in total. The third kappa shape index (κ3) is 4.46. The number of hydrogen-bond donors (Lipinski definition) is 6. The number of hydrogen-bond acceptors (Lipinski definition) is 8. The lowest BCUT2D eigenvalue weighted by Gasteiger charge is -2.40. The van der Waals surface area contributed by atoms with Gasteiger partial charge in [-0.1, -0.05) is 12.1 Å². The zero-order chi connectivity index (χ0) is 18.6. The topological polar surface area (TPSA) is 155 Å². The van der Waals surface area contributed by atoms with Gasteiger partial charge in [-0.15, -0.1) is 0 Å². The molecule has 0 radical (unpaired) electrons. The van der Waals surface area contributed by atoms with Crippen molar-refractivity contribution < 1.29 is 34.7 Å². The predicted molar refractivity (Wildman–Crippen MR) is 86.8 cm³/mol. The van der Waals surface area contributed by atoms with E-state index in [1.165, 1.54) is 12.1 Å². The Bertz CT molecular complexity index is 583. The largest absolute Gasteiger partial charge is 0.462 e. The molecule has 0 spiro atoms. The number of para-hydroxylation sites is 1. The molecule has 6 atom stereocenters. The second kappa shape index (κ2) is 8.56. The molecule has 1 aromatic rings. The number of carbonyl (C=O) groups is 1. The maximum Gasteiger partial charge on any atom is 0.255 e. The number of benzene rings is 1. The minimum Gasteiger partial charge on any atom is -0.462 e. The van der Waals surface area contributed by atoms with E-state index in [-0.39, 0.29) is 17.9 Å². The van der Waals surface area contributed by atoms with Crippen LogP contribution in [0.3, 0.4) is 0 Å². The predicted octanol–water partition coefficient (Wildman–Crippen LogP) is -2.06. The van der Waals surface area contributed by atoms with Gasteiger partial charge in [0.25, 0.3) is 5.91 Å². The van der Waals surface area contributed by atoms with Crippen molar-refractivity contribution in [3.8, 4) is 5.75 Å². The number of rotatable bonds is 6. The van der Waals surface area contributed by atoms with Crippen molar-refractivity contribution in [2.24, 2.45) is 5.73 Å². The number of nitrogens with two attached hydrogens (primary N) is 1. The van der Waals surface area contributed by atoms with Gasteiger partial charge in [-0.05, 0) is 19.1 Å². The number of aliphatic hydroxyl groups is 4. The molecule has 0 bridgehead atoms. The molecule has 2 rings (SSSR count). The molecule has 1 aromatic carbocycles. The fraction of sp³-hybridized carbons (Fsp3) is 0.562. The van der Waals surface area contributed by atoms with Gasteiger partial charge in [0, 0.05) is 6.04 Å². The van der Waals surface area contributed by atoms with E-state index in [0.29, 0.717) is 0 Å². The van der Waals surface area contributed by atoms with E-state index in [1.807, 2.05) is 0 Å². The first-order chi connectivity index (χ1) is 11.9. The van der Waals surface area contributed by atoms with Crippen LogP contribution in [0.25, 0.3) is 0 Å². The first-order valence-corrected chi connectivity index (χ1v) is 7.94. The number of ether oxygens (including phenoxy) is 2. The van der Waals surface area contributed by atoms with Crippen LogP contribution >= 0.6 is 0 Å². The van der Waals surface area contributed by atoms with Crippen LogP contribution < -0.4 is 15.8 Å². The first kappa shape index (κ1) is 19.6. The zero-order valence-electron chi connectivity index (χ0n) is 13.8. The summed E-state index contributed by atoms with van der Waals surface area (Å²) < 4.78 is 11.0. The molecule has 1 fully saturated rings. The molecule has 0 aliphatic carbocycles. The highest BCUT2D eigenvalue weighted by Gasteiger charge is 2.43. The summed E-state index contributed by atoms with van der Waals surface area (Å²) in [5, 5.41) is 40.7. The van der Waals surface area contributed by atoms with Crippen LogP contribution in [0.4, 0.5) is 0 Å². The summed E-state index contributed by atoms with van der Waals surface area (Å²) in [5.74, 6) is -0.299. The Balaban J connectivity index is 2.18. The second-order valence-corrected chi connectivity index (χ2v) is 5.96. The molecule has 9 heteroatoms. The van der Waals surface area contributed by atoms with Gasteiger partial charge in [0.2, 0.25) is 6.29 Å². The molecule has 0 unspecified atom stereocenters. The van der Waals surface area contributed by atoms with E-state index in [4.69, 9.17) is 20.3 Å². The highest BCUT2D eigenvalue weighted by molar-refractivity contribution is 5.97.